The van der Waals surface area contributed by atoms with Crippen molar-refractivity contribution in [1.29, 1.82) is 0 Å². The van der Waals surface area contributed by atoms with Crippen LogP contribution in [0.25, 0.3) is 11.3 Å². The van der Waals surface area contributed by atoms with Crippen molar-refractivity contribution in [1.82, 2.24) is 9.88 Å². The Kier molecular flexibility index (Phi) is 10.8. The SMILES string of the molecule is NS(=O)(=O)c1ccc(-c2nc(NC(=O)N(CCC3CCOCC3)CCC(c3ccc(F)cc3)c3ccc(F)cc3)sc2Cl)cc1. The number of benzene rings is 3. The number of nitrogens with zero attached hydrogens (tertiary/aromatic N) is 2. The van der Waals surface area contributed by atoms with Crippen LogP contribution in [-0.4, -0.2) is 50.6 Å². The van der Waals surface area contributed by atoms with Gasteiger partial charge in [0, 0.05) is 37.8 Å². The molecule has 2 amide bonds. The lowest BCUT2D eigenvalue weighted by Gasteiger charge is -2.29. The highest BCUT2D eigenvalue weighted by Crippen LogP contribution is 2.36. The van der Waals surface area contributed by atoms with Crippen molar-refractivity contribution in [2.75, 3.05) is 31.6 Å². The van der Waals surface area contributed by atoms with E-state index in [1.54, 1.807) is 41.3 Å². The maximum Gasteiger partial charge on any atom is 0.323 e. The average molecular weight is 675 g/mol. The maximum absolute atomic E-state index is 13.7. The molecule has 4 aromatic rings. The van der Waals surface area contributed by atoms with Gasteiger partial charge >= 0.3 is 6.03 Å². The number of urea groups is 1. The summed E-state index contributed by atoms with van der Waals surface area (Å²) in [5.74, 6) is -0.474. The molecule has 3 aromatic carbocycles. The molecule has 238 valence electrons. The molecule has 1 aliphatic rings. The highest BCUT2D eigenvalue weighted by molar-refractivity contribution is 7.89. The van der Waals surface area contributed by atoms with Crippen LogP contribution in [0.3, 0.4) is 0 Å². The standard InChI is InChI=1S/C32H33ClF2N4O4S2/c33-30-29(24-5-11-27(12-6-24)45(36,41)42)37-31(44-30)38-32(40)39(17-13-21-15-19-43-20-16-21)18-14-28(22-1-7-25(34)8-2-22)23-3-9-26(35)10-4-23/h1-12,21,28H,13-20H2,(H2,36,41,42)(H,37,38,40). The number of nitrogens with two attached hydrogens (primary N) is 1. The van der Waals surface area contributed by atoms with Crippen LogP contribution in [0.1, 0.15) is 42.7 Å². The van der Waals surface area contributed by atoms with Crippen molar-refractivity contribution in [2.45, 2.75) is 36.5 Å². The lowest BCUT2D eigenvalue weighted by atomic mass is 9.88. The van der Waals surface area contributed by atoms with Gasteiger partial charge in [0.15, 0.2) is 5.13 Å². The third kappa shape index (κ3) is 8.86. The fraction of sp³-hybridized carbons (Fsp3) is 0.312. The fourth-order valence-electron chi connectivity index (χ4n) is 5.40. The number of sulfonamides is 1. The molecule has 5 rings (SSSR count). The number of primary sulfonamides is 1. The molecule has 0 spiro atoms. The van der Waals surface area contributed by atoms with Crippen LogP contribution in [0.2, 0.25) is 4.34 Å². The molecule has 0 bridgehead atoms. The summed E-state index contributed by atoms with van der Waals surface area (Å²) in [6, 6.07) is 17.9. The number of rotatable bonds is 11. The quantitative estimate of drug-likeness (QED) is 0.174. The van der Waals surface area contributed by atoms with Crippen LogP contribution in [0.15, 0.2) is 77.7 Å². The first-order valence-electron chi connectivity index (χ1n) is 14.5. The summed E-state index contributed by atoms with van der Waals surface area (Å²) in [6.07, 6.45) is 3.17. The summed E-state index contributed by atoms with van der Waals surface area (Å²) >= 11 is 7.58. The molecule has 1 saturated heterocycles. The molecule has 0 saturated carbocycles. The molecule has 0 aliphatic carbocycles. The molecule has 0 radical (unpaired) electrons. The zero-order valence-electron chi connectivity index (χ0n) is 24.3. The van der Waals surface area contributed by atoms with Gasteiger partial charge in [0.25, 0.3) is 0 Å². The van der Waals surface area contributed by atoms with Crippen LogP contribution in [0.4, 0.5) is 18.7 Å². The second kappa shape index (κ2) is 14.8. The third-order valence-corrected chi connectivity index (χ3v) is 10.0. The van der Waals surface area contributed by atoms with Gasteiger partial charge in [0.05, 0.1) is 4.90 Å². The highest BCUT2D eigenvalue weighted by Gasteiger charge is 2.23. The summed E-state index contributed by atoms with van der Waals surface area (Å²) in [6.45, 7) is 2.27. The van der Waals surface area contributed by atoms with Crippen molar-refractivity contribution in [3.05, 3.63) is 99.9 Å². The second-order valence-electron chi connectivity index (χ2n) is 10.9. The Labute approximate surface area is 270 Å². The van der Waals surface area contributed by atoms with Gasteiger partial charge in [-0.15, -0.1) is 0 Å². The Bertz CT molecular complexity index is 1650. The van der Waals surface area contributed by atoms with E-state index < -0.39 is 10.0 Å². The molecule has 0 atom stereocenters. The van der Waals surface area contributed by atoms with Gasteiger partial charge in [-0.25, -0.2) is 32.1 Å². The first kappa shape index (κ1) is 33.0. The van der Waals surface area contributed by atoms with Gasteiger partial charge in [0.2, 0.25) is 10.0 Å². The minimum Gasteiger partial charge on any atom is -0.381 e. The van der Waals surface area contributed by atoms with E-state index >= 15 is 0 Å². The average Bonchev–Trinajstić information content (AvgIpc) is 3.39. The van der Waals surface area contributed by atoms with Gasteiger partial charge in [-0.2, -0.15) is 0 Å². The van der Waals surface area contributed by atoms with Gasteiger partial charge in [-0.1, -0.05) is 59.3 Å². The first-order valence-corrected chi connectivity index (χ1v) is 17.2. The topological polar surface area (TPSA) is 115 Å². The van der Waals surface area contributed by atoms with E-state index in [0.717, 1.165) is 41.7 Å². The number of anilines is 1. The number of amides is 2. The van der Waals surface area contributed by atoms with E-state index in [2.05, 4.69) is 10.3 Å². The Morgan fingerprint density at radius 3 is 2.11 bits per heavy atom. The number of halogens is 3. The molecule has 3 N–H and O–H groups in total. The summed E-state index contributed by atoms with van der Waals surface area (Å²) < 4.78 is 56.6. The molecule has 2 heterocycles. The fourth-order valence-corrected chi connectivity index (χ4v) is 6.99. The highest BCUT2D eigenvalue weighted by atomic mass is 35.5. The van der Waals surface area contributed by atoms with Crippen molar-refractivity contribution >= 4 is 44.1 Å². The van der Waals surface area contributed by atoms with E-state index in [1.165, 1.54) is 36.4 Å². The van der Waals surface area contributed by atoms with Gasteiger partial charge in [-0.05, 0) is 79.1 Å². The number of carbonyl (C=O) groups excluding carboxylic acids is 1. The van der Waals surface area contributed by atoms with Gasteiger partial charge in [-0.3, -0.25) is 5.32 Å². The Morgan fingerprint density at radius 1 is 0.978 bits per heavy atom. The second-order valence-corrected chi connectivity index (χ2v) is 14.1. The summed E-state index contributed by atoms with van der Waals surface area (Å²) in [5.41, 5.74) is 2.69. The van der Waals surface area contributed by atoms with E-state index in [0.29, 0.717) is 59.4 Å². The summed E-state index contributed by atoms with van der Waals surface area (Å²) in [4.78, 5) is 19.9. The number of aromatic nitrogens is 1. The molecule has 1 aromatic heterocycles. The largest absolute Gasteiger partial charge is 0.381 e. The zero-order chi connectivity index (χ0) is 32.0. The van der Waals surface area contributed by atoms with Crippen molar-refractivity contribution < 1.29 is 26.7 Å². The normalized spacial score (nSPS) is 14.1. The predicted molar refractivity (Wildman–Crippen MR) is 172 cm³/mol. The molecule has 1 aliphatic heterocycles. The van der Waals surface area contributed by atoms with E-state index in [4.69, 9.17) is 21.5 Å². The summed E-state index contributed by atoms with van der Waals surface area (Å²) in [5, 5.41) is 8.38. The van der Waals surface area contributed by atoms with Crippen LogP contribution >= 0.6 is 22.9 Å². The van der Waals surface area contributed by atoms with Gasteiger partial charge < -0.3 is 9.64 Å². The Morgan fingerprint density at radius 2 is 1.56 bits per heavy atom. The zero-order valence-corrected chi connectivity index (χ0v) is 26.7. The smallest absolute Gasteiger partial charge is 0.323 e. The molecular formula is C32H33ClF2N4O4S2. The lowest BCUT2D eigenvalue weighted by molar-refractivity contribution is 0.0614. The minimum atomic E-state index is -3.85. The van der Waals surface area contributed by atoms with Crippen molar-refractivity contribution in [3.8, 4) is 11.3 Å². The molecular weight excluding hydrogens is 642 g/mol. The number of thiazole rings is 1. The number of hydrogen-bond acceptors (Lipinski definition) is 6. The van der Waals surface area contributed by atoms with Crippen LogP contribution in [0, 0.1) is 17.6 Å². The number of hydrogen-bond donors (Lipinski definition) is 2. The maximum atomic E-state index is 13.7. The summed E-state index contributed by atoms with van der Waals surface area (Å²) in [7, 11) is -3.85. The van der Waals surface area contributed by atoms with Crippen molar-refractivity contribution in [2.24, 2.45) is 11.1 Å². The molecule has 8 nitrogen and oxygen atoms in total. The van der Waals surface area contributed by atoms with E-state index in [9.17, 15) is 22.0 Å². The molecule has 0 unspecified atom stereocenters. The van der Waals surface area contributed by atoms with Gasteiger partial charge in [0.1, 0.15) is 21.7 Å². The molecule has 1 fully saturated rings. The van der Waals surface area contributed by atoms with Crippen LogP contribution < -0.4 is 10.5 Å². The van der Waals surface area contributed by atoms with Crippen LogP contribution in [-0.2, 0) is 14.8 Å². The monoisotopic (exact) mass is 674 g/mol. The number of nitrogens with one attached hydrogen (secondary N) is 1. The van der Waals surface area contributed by atoms with Crippen molar-refractivity contribution in [3.63, 3.8) is 0 Å². The Hall–Kier alpha value is -3.42. The lowest BCUT2D eigenvalue weighted by Crippen LogP contribution is -2.38. The number of ether oxygens (including phenoxy) is 1. The van der Waals surface area contributed by atoms with E-state index in [1.807, 2.05) is 0 Å². The predicted octanol–water partition coefficient (Wildman–Crippen LogP) is 7.26. The van der Waals surface area contributed by atoms with E-state index in [-0.39, 0.29) is 28.5 Å². The number of carbonyl (C=O) groups is 1. The third-order valence-electron chi connectivity index (χ3n) is 7.92. The Balaban J connectivity index is 1.34. The first-order chi connectivity index (χ1) is 21.6. The minimum absolute atomic E-state index is 0.0362. The molecule has 45 heavy (non-hydrogen) atoms. The molecule has 13 heteroatoms. The van der Waals surface area contributed by atoms with Crippen LogP contribution in [0.5, 0.6) is 0 Å².